The van der Waals surface area contributed by atoms with Gasteiger partial charge in [-0.1, -0.05) is 53.4 Å². The number of amides is 2. The summed E-state index contributed by atoms with van der Waals surface area (Å²) in [6, 6.07) is -0.763. The van der Waals surface area contributed by atoms with Crippen LogP contribution in [0.25, 0.3) is 0 Å². The molecule has 5 aliphatic carbocycles. The molecule has 2 amide bonds. The van der Waals surface area contributed by atoms with E-state index in [4.69, 9.17) is 5.14 Å². The molecule has 5 N–H and O–H groups in total. The summed E-state index contributed by atoms with van der Waals surface area (Å²) in [4.78, 5) is 11.8. The molecule has 218 valence electrons. The van der Waals surface area contributed by atoms with Crippen LogP contribution < -0.4 is 15.2 Å². The zero-order valence-corrected chi connectivity index (χ0v) is 24.9. The van der Waals surface area contributed by atoms with Crippen molar-refractivity contribution in [2.24, 2.45) is 69.2 Å². The second kappa shape index (κ2) is 10.5. The van der Waals surface area contributed by atoms with Gasteiger partial charge in [-0.3, -0.25) is 0 Å². The van der Waals surface area contributed by atoms with E-state index in [0.29, 0.717) is 53.4 Å². The molecule has 0 spiro atoms. The Hall–Kier alpha value is -0.860. The fourth-order valence-electron chi connectivity index (χ4n) is 11.1. The molecule has 8 heteroatoms. The molecule has 5 fully saturated rings. The van der Waals surface area contributed by atoms with Gasteiger partial charge < -0.3 is 10.4 Å². The SMILES string of the molecule is CC[C@H]1[C@@H](O)[C@@H]2[C@H](CC[C@]3(C)[C@@H]([C@H](C)CCNC(=O)NS(N)(=O)=O)CC[C@@H]23)[C@@]2(C)CC[C@@H](C3CCC3)C[C@@H]12. The minimum absolute atomic E-state index is 0.175. The summed E-state index contributed by atoms with van der Waals surface area (Å²) < 4.78 is 24.0. The molecule has 0 saturated heterocycles. The van der Waals surface area contributed by atoms with Gasteiger partial charge in [0.25, 0.3) is 10.2 Å². The second-order valence-electron chi connectivity index (χ2n) is 14.6. The number of carbonyl (C=O) groups excluding carboxylic acids is 1. The number of nitrogens with two attached hydrogens (primary N) is 1. The lowest BCUT2D eigenvalue weighted by atomic mass is 9.40. The Morgan fingerprint density at radius 1 is 1.00 bits per heavy atom. The fourth-order valence-corrected chi connectivity index (χ4v) is 11.4. The van der Waals surface area contributed by atoms with Gasteiger partial charge in [-0.25, -0.2) is 14.7 Å². The molecule has 0 bridgehead atoms. The highest BCUT2D eigenvalue weighted by Crippen LogP contribution is 2.70. The number of hydrogen-bond acceptors (Lipinski definition) is 4. The van der Waals surface area contributed by atoms with Crippen LogP contribution in [0.1, 0.15) is 105 Å². The molecule has 5 saturated carbocycles. The van der Waals surface area contributed by atoms with Crippen molar-refractivity contribution in [1.82, 2.24) is 10.0 Å². The molecule has 7 nitrogen and oxygen atoms in total. The molecule has 5 aliphatic rings. The first-order chi connectivity index (χ1) is 17.9. The predicted molar refractivity (Wildman–Crippen MR) is 150 cm³/mol. The van der Waals surface area contributed by atoms with Crippen molar-refractivity contribution in [3.05, 3.63) is 0 Å². The molecule has 0 aromatic rings. The first kappa shape index (κ1) is 28.7. The summed E-state index contributed by atoms with van der Waals surface area (Å²) in [6.07, 6.45) is 15.0. The van der Waals surface area contributed by atoms with Crippen LogP contribution in [-0.4, -0.2) is 32.2 Å². The van der Waals surface area contributed by atoms with Crippen LogP contribution in [0, 0.1) is 64.1 Å². The Morgan fingerprint density at radius 2 is 1.68 bits per heavy atom. The summed E-state index contributed by atoms with van der Waals surface area (Å²) in [5.74, 6) is 5.56. The molecule has 0 unspecified atom stereocenters. The van der Waals surface area contributed by atoms with Crippen LogP contribution in [-0.2, 0) is 10.2 Å². The number of fused-ring (bicyclic) bond motifs is 5. The molecule has 0 heterocycles. The largest absolute Gasteiger partial charge is 0.393 e. The lowest BCUT2D eigenvalue weighted by Crippen LogP contribution is -2.62. The van der Waals surface area contributed by atoms with E-state index in [0.717, 1.165) is 24.7 Å². The van der Waals surface area contributed by atoms with E-state index in [9.17, 15) is 18.3 Å². The molecule has 5 rings (SSSR count). The number of carbonyl (C=O) groups is 1. The average molecular weight is 552 g/mol. The monoisotopic (exact) mass is 551 g/mol. The lowest BCUT2D eigenvalue weighted by Gasteiger charge is -2.65. The normalized spacial score (nSPS) is 45.7. The summed E-state index contributed by atoms with van der Waals surface area (Å²) in [6.45, 7) is 10.2. The van der Waals surface area contributed by atoms with Crippen molar-refractivity contribution in [2.45, 2.75) is 111 Å². The topological polar surface area (TPSA) is 122 Å². The van der Waals surface area contributed by atoms with Gasteiger partial charge >= 0.3 is 6.03 Å². The van der Waals surface area contributed by atoms with E-state index in [-0.39, 0.29) is 11.5 Å². The highest BCUT2D eigenvalue weighted by atomic mass is 32.2. The van der Waals surface area contributed by atoms with Crippen molar-refractivity contribution in [2.75, 3.05) is 6.54 Å². The van der Waals surface area contributed by atoms with Crippen LogP contribution in [0.15, 0.2) is 0 Å². The van der Waals surface area contributed by atoms with Crippen LogP contribution >= 0.6 is 0 Å². The highest BCUT2D eigenvalue weighted by Gasteiger charge is 2.65. The maximum Gasteiger partial charge on any atom is 0.329 e. The first-order valence-corrected chi connectivity index (χ1v) is 17.2. The molecule has 11 atom stereocenters. The third-order valence-corrected chi connectivity index (χ3v) is 13.6. The van der Waals surface area contributed by atoms with Gasteiger partial charge in [0.1, 0.15) is 0 Å². The van der Waals surface area contributed by atoms with Gasteiger partial charge in [-0.15, -0.1) is 0 Å². The third-order valence-electron chi connectivity index (χ3n) is 13.2. The van der Waals surface area contributed by atoms with Gasteiger partial charge in [0, 0.05) is 6.54 Å². The van der Waals surface area contributed by atoms with Gasteiger partial charge in [-0.2, -0.15) is 8.42 Å². The first-order valence-electron chi connectivity index (χ1n) is 15.7. The Balaban J connectivity index is 1.28. The molecule has 38 heavy (non-hydrogen) atoms. The number of rotatable bonds is 7. The van der Waals surface area contributed by atoms with E-state index >= 15 is 0 Å². The zero-order chi connectivity index (χ0) is 27.5. The third kappa shape index (κ3) is 4.93. The van der Waals surface area contributed by atoms with E-state index in [2.05, 4.69) is 33.0 Å². The lowest BCUT2D eigenvalue weighted by molar-refractivity contribution is -0.202. The molecule has 0 aromatic carbocycles. The molecular formula is C30H53N3O4S. The van der Waals surface area contributed by atoms with Gasteiger partial charge in [0.05, 0.1) is 6.10 Å². The van der Waals surface area contributed by atoms with E-state index in [1.807, 2.05) is 0 Å². The number of aliphatic hydroxyl groups is 1. The fraction of sp³-hybridized carbons (Fsp3) is 0.967. The minimum atomic E-state index is -4.04. The number of aliphatic hydroxyl groups excluding tert-OH is 1. The van der Waals surface area contributed by atoms with Crippen LogP contribution in [0.4, 0.5) is 4.79 Å². The Kier molecular flexibility index (Phi) is 7.93. The molecule has 0 aliphatic heterocycles. The molecular weight excluding hydrogens is 498 g/mol. The van der Waals surface area contributed by atoms with Crippen molar-refractivity contribution in [3.63, 3.8) is 0 Å². The summed E-state index contributed by atoms with van der Waals surface area (Å²) in [5.41, 5.74) is 0.589. The highest BCUT2D eigenvalue weighted by molar-refractivity contribution is 7.87. The molecule has 0 aromatic heterocycles. The smallest absolute Gasteiger partial charge is 0.329 e. The average Bonchev–Trinajstić information content (AvgIpc) is 3.15. The van der Waals surface area contributed by atoms with Crippen molar-refractivity contribution in [1.29, 1.82) is 0 Å². The predicted octanol–water partition coefficient (Wildman–Crippen LogP) is 5.20. The summed E-state index contributed by atoms with van der Waals surface area (Å²) in [5, 5.41) is 19.6. The zero-order valence-electron chi connectivity index (χ0n) is 24.1. The Bertz CT molecular complexity index is 986. The van der Waals surface area contributed by atoms with Gasteiger partial charge in [0.2, 0.25) is 0 Å². The van der Waals surface area contributed by atoms with Crippen LogP contribution in [0.3, 0.4) is 0 Å². The molecule has 0 radical (unpaired) electrons. The number of nitrogens with one attached hydrogen (secondary N) is 2. The number of urea groups is 1. The Labute approximate surface area is 231 Å². The van der Waals surface area contributed by atoms with E-state index in [1.165, 1.54) is 64.2 Å². The maximum absolute atomic E-state index is 12.1. The van der Waals surface area contributed by atoms with Crippen molar-refractivity contribution >= 4 is 16.2 Å². The number of hydrogen-bond donors (Lipinski definition) is 4. The second-order valence-corrected chi connectivity index (χ2v) is 15.9. The van der Waals surface area contributed by atoms with Gasteiger partial charge in [0.15, 0.2) is 0 Å². The van der Waals surface area contributed by atoms with Gasteiger partial charge in [-0.05, 0) is 115 Å². The Morgan fingerprint density at radius 3 is 2.32 bits per heavy atom. The van der Waals surface area contributed by atoms with Crippen molar-refractivity contribution in [3.8, 4) is 0 Å². The summed E-state index contributed by atoms with van der Waals surface area (Å²) >= 11 is 0. The van der Waals surface area contributed by atoms with E-state index < -0.39 is 16.2 Å². The summed E-state index contributed by atoms with van der Waals surface area (Å²) in [7, 11) is -4.04. The maximum atomic E-state index is 12.1. The van der Waals surface area contributed by atoms with E-state index in [1.54, 1.807) is 4.72 Å². The standard InChI is InChI=1S/C30H53N3O4S/c1-5-21-25-17-20(19-7-6-8-19)11-14-30(25,4)24-12-15-29(3)22(9-10-23(29)26(24)27(21)34)18(2)13-16-32-28(35)33-38(31,36)37/h18-27,34H,5-17H2,1-4H3,(H2,31,36,37)(H2,32,33,35)/t18-,20-,21-,22-,23+,24+,25+,26+,27-,29-,30-/m1/s1. The minimum Gasteiger partial charge on any atom is -0.393 e. The van der Waals surface area contributed by atoms with Crippen LogP contribution in [0.5, 0.6) is 0 Å². The van der Waals surface area contributed by atoms with Crippen LogP contribution in [0.2, 0.25) is 0 Å². The van der Waals surface area contributed by atoms with Crippen molar-refractivity contribution < 1.29 is 18.3 Å². The quantitative estimate of drug-likeness (QED) is 0.347.